The van der Waals surface area contributed by atoms with Gasteiger partial charge in [-0.3, -0.25) is 9.79 Å². The fourth-order valence-corrected chi connectivity index (χ4v) is 3.21. The van der Waals surface area contributed by atoms with Gasteiger partial charge >= 0.3 is 0 Å². The number of halogens is 2. The van der Waals surface area contributed by atoms with E-state index in [-0.39, 0.29) is 12.5 Å². The molecule has 25 heavy (non-hydrogen) atoms. The average molecular weight is 376 g/mol. The lowest BCUT2D eigenvalue weighted by Crippen LogP contribution is -2.37. The quantitative estimate of drug-likeness (QED) is 0.815. The number of aliphatic imine (C=N–C) groups is 1. The number of fused-ring (bicyclic) bond motifs is 1. The second-order valence-electron chi connectivity index (χ2n) is 6.15. The highest BCUT2D eigenvalue weighted by atomic mass is 35.5. The maximum absolute atomic E-state index is 12.7. The van der Waals surface area contributed by atoms with E-state index in [1.807, 2.05) is 55.4 Å². The minimum Gasteiger partial charge on any atom is -0.309 e. The van der Waals surface area contributed by atoms with Crippen molar-refractivity contribution in [1.29, 1.82) is 0 Å². The van der Waals surface area contributed by atoms with Crippen LogP contribution in [0.3, 0.4) is 0 Å². The van der Waals surface area contributed by atoms with Gasteiger partial charge in [0.1, 0.15) is 6.54 Å². The van der Waals surface area contributed by atoms with E-state index in [1.165, 1.54) is 0 Å². The van der Waals surface area contributed by atoms with Gasteiger partial charge in [-0.2, -0.15) is 0 Å². The van der Waals surface area contributed by atoms with Gasteiger partial charge in [-0.1, -0.05) is 41.4 Å². The molecule has 0 bridgehead atoms. The second-order valence-corrected chi connectivity index (χ2v) is 7.00. The van der Waals surface area contributed by atoms with Crippen molar-refractivity contribution >= 4 is 40.5 Å². The van der Waals surface area contributed by atoms with Crippen LogP contribution in [0.4, 0.5) is 5.69 Å². The highest BCUT2D eigenvalue weighted by Crippen LogP contribution is 2.31. The van der Waals surface area contributed by atoms with Crippen molar-refractivity contribution < 1.29 is 4.79 Å². The molecule has 6 heteroatoms. The molecule has 0 aromatic heterocycles. The summed E-state index contributed by atoms with van der Waals surface area (Å²) in [6.45, 7) is 1.43. The second kappa shape index (κ2) is 7.56. The van der Waals surface area contributed by atoms with Gasteiger partial charge in [-0.15, -0.1) is 0 Å². The Morgan fingerprint density at radius 3 is 2.60 bits per heavy atom. The number of benzene rings is 2. The number of likely N-dealkylation sites (N-methyl/N-ethyl adjacent to an activating group) is 1. The third-order valence-corrected chi connectivity index (χ3v) is 4.64. The number of hydrogen-bond acceptors (Lipinski definition) is 3. The highest BCUT2D eigenvalue weighted by Gasteiger charge is 2.26. The zero-order chi connectivity index (χ0) is 18.0. The molecule has 0 saturated carbocycles. The lowest BCUT2D eigenvalue weighted by atomic mass is 10.00. The van der Waals surface area contributed by atoms with Gasteiger partial charge in [0.05, 0.1) is 11.4 Å². The molecule has 2 aromatic carbocycles. The third-order valence-electron chi connectivity index (χ3n) is 4.08. The summed E-state index contributed by atoms with van der Waals surface area (Å²) < 4.78 is 0. The molecule has 4 nitrogen and oxygen atoms in total. The van der Waals surface area contributed by atoms with E-state index in [0.29, 0.717) is 22.3 Å². The molecular formula is C19H19Cl2N3O. The largest absolute Gasteiger partial charge is 0.309 e. The zero-order valence-electron chi connectivity index (χ0n) is 14.2. The van der Waals surface area contributed by atoms with Crippen molar-refractivity contribution in [3.05, 3.63) is 63.6 Å². The van der Waals surface area contributed by atoms with Gasteiger partial charge < -0.3 is 9.80 Å². The van der Waals surface area contributed by atoms with Crippen LogP contribution in [0.5, 0.6) is 0 Å². The Kier molecular flexibility index (Phi) is 5.42. The van der Waals surface area contributed by atoms with Crippen LogP contribution in [0.1, 0.15) is 11.1 Å². The van der Waals surface area contributed by atoms with Crippen LogP contribution in [-0.4, -0.2) is 50.2 Å². The summed E-state index contributed by atoms with van der Waals surface area (Å²) in [5.41, 5.74) is 3.14. The smallest absolute Gasteiger partial charge is 0.248 e. The Morgan fingerprint density at radius 2 is 1.88 bits per heavy atom. The first-order valence-electron chi connectivity index (χ1n) is 8.01. The minimum absolute atomic E-state index is 0.0347. The van der Waals surface area contributed by atoms with Crippen LogP contribution in [0.25, 0.3) is 0 Å². The maximum atomic E-state index is 12.7. The highest BCUT2D eigenvalue weighted by molar-refractivity contribution is 6.36. The first-order valence-corrected chi connectivity index (χ1v) is 8.77. The van der Waals surface area contributed by atoms with Gasteiger partial charge in [-0.25, -0.2) is 0 Å². The molecule has 0 atom stereocenters. The fourth-order valence-electron chi connectivity index (χ4n) is 2.81. The lowest BCUT2D eigenvalue weighted by molar-refractivity contribution is -0.117. The molecule has 1 heterocycles. The Labute approximate surface area is 157 Å². The molecule has 0 N–H and O–H groups in total. The Hall–Kier alpha value is -1.88. The van der Waals surface area contributed by atoms with E-state index < -0.39 is 0 Å². The van der Waals surface area contributed by atoms with Gasteiger partial charge in [0.2, 0.25) is 5.91 Å². The summed E-state index contributed by atoms with van der Waals surface area (Å²) in [6, 6.07) is 13.0. The summed E-state index contributed by atoms with van der Waals surface area (Å²) >= 11 is 12.6. The molecule has 0 spiro atoms. The van der Waals surface area contributed by atoms with Gasteiger partial charge in [0, 0.05) is 34.3 Å². The number of carbonyl (C=O) groups excluding carboxylic acids is 1. The van der Waals surface area contributed by atoms with E-state index in [0.717, 1.165) is 23.4 Å². The molecule has 0 fully saturated rings. The molecule has 0 saturated heterocycles. The van der Waals surface area contributed by atoms with Crippen molar-refractivity contribution in [1.82, 2.24) is 4.90 Å². The van der Waals surface area contributed by atoms with Crippen LogP contribution in [-0.2, 0) is 4.79 Å². The predicted octanol–water partition coefficient (Wildman–Crippen LogP) is 3.74. The maximum Gasteiger partial charge on any atom is 0.248 e. The van der Waals surface area contributed by atoms with Crippen LogP contribution < -0.4 is 4.90 Å². The number of hydrogen-bond donors (Lipinski definition) is 0. The molecule has 1 amide bonds. The summed E-state index contributed by atoms with van der Waals surface area (Å²) in [4.78, 5) is 21.1. The SMILES string of the molecule is CN(C)CCN1C(=O)CN=C(c2ccccc2Cl)c2cc(Cl)ccc21. The van der Waals surface area contributed by atoms with E-state index in [4.69, 9.17) is 23.2 Å². The number of carbonyl (C=O) groups is 1. The molecular weight excluding hydrogens is 357 g/mol. The predicted molar refractivity (Wildman–Crippen MR) is 104 cm³/mol. The van der Waals surface area contributed by atoms with E-state index in [1.54, 1.807) is 11.0 Å². The van der Waals surface area contributed by atoms with Crippen LogP contribution in [0.15, 0.2) is 47.5 Å². The normalized spacial score (nSPS) is 14.4. The van der Waals surface area contributed by atoms with Crippen LogP contribution in [0.2, 0.25) is 10.0 Å². The summed E-state index contributed by atoms with van der Waals surface area (Å²) in [6.07, 6.45) is 0. The van der Waals surface area contributed by atoms with Crippen molar-refractivity contribution in [2.45, 2.75) is 0 Å². The lowest BCUT2D eigenvalue weighted by Gasteiger charge is -2.25. The molecule has 3 rings (SSSR count). The molecule has 130 valence electrons. The van der Waals surface area contributed by atoms with Crippen molar-refractivity contribution in [3.8, 4) is 0 Å². The van der Waals surface area contributed by atoms with E-state index in [2.05, 4.69) is 4.99 Å². The van der Waals surface area contributed by atoms with E-state index >= 15 is 0 Å². The van der Waals surface area contributed by atoms with Gasteiger partial charge in [-0.05, 0) is 38.4 Å². The molecule has 0 aliphatic carbocycles. The third kappa shape index (κ3) is 3.87. The van der Waals surface area contributed by atoms with Gasteiger partial charge in [0.25, 0.3) is 0 Å². The van der Waals surface area contributed by atoms with Crippen LogP contribution >= 0.6 is 23.2 Å². The van der Waals surface area contributed by atoms with Crippen molar-refractivity contribution in [2.75, 3.05) is 38.6 Å². The number of anilines is 1. The number of rotatable bonds is 4. The van der Waals surface area contributed by atoms with E-state index in [9.17, 15) is 4.79 Å². The zero-order valence-corrected chi connectivity index (χ0v) is 15.7. The first-order chi connectivity index (χ1) is 12.0. The molecule has 1 aliphatic rings. The topological polar surface area (TPSA) is 35.9 Å². The number of amides is 1. The fraction of sp³-hybridized carbons (Fsp3) is 0.263. The average Bonchev–Trinajstić information content (AvgIpc) is 2.70. The number of benzodiazepines with no additional fused rings is 1. The standard InChI is InChI=1S/C19H19Cl2N3O/c1-23(2)9-10-24-17-8-7-13(20)11-15(17)19(22-12-18(24)25)14-5-3-4-6-16(14)21/h3-8,11H,9-10,12H2,1-2H3. The molecule has 2 aromatic rings. The Morgan fingerprint density at radius 1 is 1.12 bits per heavy atom. The Balaban J connectivity index is 2.12. The summed E-state index contributed by atoms with van der Waals surface area (Å²) in [5.74, 6) is -0.0347. The molecule has 0 unspecified atom stereocenters. The summed E-state index contributed by atoms with van der Waals surface area (Å²) in [7, 11) is 3.97. The summed E-state index contributed by atoms with van der Waals surface area (Å²) in [5, 5.41) is 1.20. The minimum atomic E-state index is -0.0347. The first kappa shape index (κ1) is 17.9. The molecule has 0 radical (unpaired) electrons. The van der Waals surface area contributed by atoms with Crippen LogP contribution in [0, 0.1) is 0 Å². The van der Waals surface area contributed by atoms with Crippen molar-refractivity contribution in [2.24, 2.45) is 4.99 Å². The van der Waals surface area contributed by atoms with Gasteiger partial charge in [0.15, 0.2) is 0 Å². The molecule has 1 aliphatic heterocycles. The van der Waals surface area contributed by atoms with Crippen molar-refractivity contribution in [3.63, 3.8) is 0 Å². The monoisotopic (exact) mass is 375 g/mol. The Bertz CT molecular complexity index is 833. The number of nitrogens with zero attached hydrogens (tertiary/aromatic N) is 3.